The average Bonchev–Trinajstić information content (AvgIpc) is 3.38. The van der Waals surface area contributed by atoms with Crippen molar-refractivity contribution in [2.45, 2.75) is 30.6 Å². The van der Waals surface area contributed by atoms with Crippen molar-refractivity contribution in [3.05, 3.63) is 60.2 Å². The molecule has 2 heterocycles. The van der Waals surface area contributed by atoms with E-state index in [-0.39, 0.29) is 23.6 Å². The maximum absolute atomic E-state index is 13.3. The summed E-state index contributed by atoms with van der Waals surface area (Å²) in [5.74, 6) is -0.337. The van der Waals surface area contributed by atoms with Gasteiger partial charge in [-0.2, -0.15) is 0 Å². The van der Waals surface area contributed by atoms with Gasteiger partial charge in [-0.15, -0.1) is 10.2 Å². The number of nitrogens with one attached hydrogen (secondary N) is 1. The Hall–Kier alpha value is -2.78. The highest BCUT2D eigenvalue weighted by Gasteiger charge is 2.22. The Kier molecular flexibility index (Phi) is 6.39. The number of ether oxygens (including phenoxy) is 1. The first kappa shape index (κ1) is 20.5. The van der Waals surface area contributed by atoms with Crippen LogP contribution in [0.2, 0.25) is 0 Å². The van der Waals surface area contributed by atoms with Crippen LogP contribution in [0.1, 0.15) is 12.8 Å². The summed E-state index contributed by atoms with van der Waals surface area (Å²) in [6.07, 6.45) is 1.98. The SMILES string of the molecule is O=C(CSc1nnc(-c2ccc(F)cc2)n1CC1CCCO1)Nc1cccc(F)c1. The molecule has 1 fully saturated rings. The number of thioether (sulfide) groups is 1. The third-order valence-electron chi connectivity index (χ3n) is 4.67. The molecule has 4 rings (SSSR count). The highest BCUT2D eigenvalue weighted by Crippen LogP contribution is 2.27. The summed E-state index contributed by atoms with van der Waals surface area (Å²) in [5, 5.41) is 11.7. The predicted molar refractivity (Wildman–Crippen MR) is 110 cm³/mol. The molecule has 1 aromatic heterocycles. The van der Waals surface area contributed by atoms with Crippen molar-refractivity contribution < 1.29 is 18.3 Å². The second-order valence-electron chi connectivity index (χ2n) is 6.91. The van der Waals surface area contributed by atoms with E-state index >= 15 is 0 Å². The summed E-state index contributed by atoms with van der Waals surface area (Å²) in [5.41, 5.74) is 1.13. The molecule has 1 aliphatic heterocycles. The summed E-state index contributed by atoms with van der Waals surface area (Å²) in [6, 6.07) is 11.8. The molecule has 0 radical (unpaired) electrons. The normalized spacial score (nSPS) is 16.0. The van der Waals surface area contributed by atoms with Crippen LogP contribution in [0.4, 0.5) is 14.5 Å². The van der Waals surface area contributed by atoms with E-state index in [4.69, 9.17) is 4.74 Å². The zero-order valence-electron chi connectivity index (χ0n) is 16.1. The topological polar surface area (TPSA) is 69.0 Å². The lowest BCUT2D eigenvalue weighted by molar-refractivity contribution is -0.113. The van der Waals surface area contributed by atoms with Crippen molar-refractivity contribution in [2.24, 2.45) is 0 Å². The van der Waals surface area contributed by atoms with Gasteiger partial charge in [0.2, 0.25) is 5.91 Å². The van der Waals surface area contributed by atoms with Crippen LogP contribution >= 0.6 is 11.8 Å². The molecule has 6 nitrogen and oxygen atoms in total. The molecule has 1 saturated heterocycles. The zero-order valence-corrected chi connectivity index (χ0v) is 16.9. The van der Waals surface area contributed by atoms with Crippen molar-refractivity contribution in [2.75, 3.05) is 17.7 Å². The standard InChI is InChI=1S/C21H20F2N4O2S/c22-15-8-6-14(7-9-15)20-25-26-21(27(20)12-18-5-2-10-29-18)30-13-19(28)24-17-4-1-3-16(23)11-17/h1,3-4,6-9,11,18H,2,5,10,12-13H2,(H,24,28). The summed E-state index contributed by atoms with van der Waals surface area (Å²) < 4.78 is 34.3. The van der Waals surface area contributed by atoms with Crippen molar-refractivity contribution in [3.8, 4) is 11.4 Å². The first-order chi connectivity index (χ1) is 14.6. The molecule has 2 aromatic carbocycles. The van der Waals surface area contributed by atoms with Crippen LogP contribution in [-0.2, 0) is 16.1 Å². The highest BCUT2D eigenvalue weighted by atomic mass is 32.2. The number of nitrogens with zero attached hydrogens (tertiary/aromatic N) is 3. The van der Waals surface area contributed by atoms with E-state index in [1.54, 1.807) is 18.2 Å². The van der Waals surface area contributed by atoms with Crippen molar-refractivity contribution >= 4 is 23.4 Å². The number of hydrogen-bond acceptors (Lipinski definition) is 5. The lowest BCUT2D eigenvalue weighted by Crippen LogP contribution is -2.18. The largest absolute Gasteiger partial charge is 0.376 e. The number of rotatable bonds is 7. The van der Waals surface area contributed by atoms with Crippen LogP contribution in [0.25, 0.3) is 11.4 Å². The van der Waals surface area contributed by atoms with Crippen molar-refractivity contribution in [3.63, 3.8) is 0 Å². The van der Waals surface area contributed by atoms with Crippen LogP contribution in [0.3, 0.4) is 0 Å². The van der Waals surface area contributed by atoms with Gasteiger partial charge in [-0.05, 0) is 55.3 Å². The molecule has 0 aliphatic carbocycles. The molecule has 156 valence electrons. The number of amides is 1. The predicted octanol–water partition coefficient (Wildman–Crippen LogP) is 4.13. The van der Waals surface area contributed by atoms with Gasteiger partial charge in [0.05, 0.1) is 18.4 Å². The number of hydrogen-bond donors (Lipinski definition) is 1. The van der Waals surface area contributed by atoms with E-state index < -0.39 is 5.82 Å². The fraction of sp³-hybridized carbons (Fsp3) is 0.286. The van der Waals surface area contributed by atoms with E-state index in [1.165, 1.54) is 42.1 Å². The Morgan fingerprint density at radius 3 is 2.73 bits per heavy atom. The summed E-state index contributed by atoms with van der Waals surface area (Å²) in [4.78, 5) is 12.3. The minimum Gasteiger partial charge on any atom is -0.376 e. The van der Waals surface area contributed by atoms with Crippen LogP contribution in [0.5, 0.6) is 0 Å². The average molecular weight is 430 g/mol. The molecule has 1 aliphatic rings. The minimum atomic E-state index is -0.416. The molecular weight excluding hydrogens is 410 g/mol. The molecule has 1 atom stereocenters. The molecule has 0 bridgehead atoms. The van der Waals surface area contributed by atoms with Crippen molar-refractivity contribution in [1.82, 2.24) is 14.8 Å². The van der Waals surface area contributed by atoms with Gasteiger partial charge in [-0.25, -0.2) is 8.78 Å². The first-order valence-corrected chi connectivity index (χ1v) is 10.6. The van der Waals surface area contributed by atoms with Crippen LogP contribution in [0.15, 0.2) is 53.7 Å². The summed E-state index contributed by atoms with van der Waals surface area (Å²) >= 11 is 1.23. The van der Waals surface area contributed by atoms with Crippen LogP contribution in [0, 0.1) is 11.6 Å². The van der Waals surface area contributed by atoms with E-state index in [0.29, 0.717) is 23.2 Å². The Balaban J connectivity index is 1.50. The lowest BCUT2D eigenvalue weighted by atomic mass is 10.2. The molecular formula is C21H20F2N4O2S. The third-order valence-corrected chi connectivity index (χ3v) is 5.64. The van der Waals surface area contributed by atoms with E-state index in [2.05, 4.69) is 15.5 Å². The molecule has 3 aromatic rings. The fourth-order valence-electron chi connectivity index (χ4n) is 3.26. The molecule has 0 saturated carbocycles. The smallest absolute Gasteiger partial charge is 0.234 e. The van der Waals surface area contributed by atoms with Gasteiger partial charge in [0.25, 0.3) is 0 Å². The van der Waals surface area contributed by atoms with E-state index in [9.17, 15) is 13.6 Å². The van der Waals surface area contributed by atoms with E-state index in [0.717, 1.165) is 25.0 Å². The van der Waals surface area contributed by atoms with Gasteiger partial charge in [0.1, 0.15) is 11.6 Å². The van der Waals surface area contributed by atoms with Gasteiger partial charge in [0, 0.05) is 17.9 Å². The van der Waals surface area contributed by atoms with Gasteiger partial charge in [-0.1, -0.05) is 17.8 Å². The number of aromatic nitrogens is 3. The maximum atomic E-state index is 13.3. The summed E-state index contributed by atoms with van der Waals surface area (Å²) in [6.45, 7) is 1.27. The second kappa shape index (κ2) is 9.36. The molecule has 30 heavy (non-hydrogen) atoms. The monoisotopic (exact) mass is 430 g/mol. The molecule has 1 unspecified atom stereocenters. The molecule has 0 spiro atoms. The fourth-order valence-corrected chi connectivity index (χ4v) is 4.01. The van der Waals surface area contributed by atoms with Crippen LogP contribution in [-0.4, -0.2) is 39.1 Å². The Labute approximate surface area is 176 Å². The van der Waals surface area contributed by atoms with Gasteiger partial charge < -0.3 is 10.1 Å². The molecule has 1 N–H and O–H groups in total. The lowest BCUT2D eigenvalue weighted by Gasteiger charge is -2.14. The number of anilines is 1. The minimum absolute atomic E-state index is 0.0423. The zero-order chi connectivity index (χ0) is 20.9. The second-order valence-corrected chi connectivity index (χ2v) is 7.85. The number of halogens is 2. The number of carbonyl (C=O) groups excluding carboxylic acids is 1. The van der Waals surface area contributed by atoms with Gasteiger partial charge in [-0.3, -0.25) is 9.36 Å². The Morgan fingerprint density at radius 2 is 2.00 bits per heavy atom. The molecule has 1 amide bonds. The third kappa shape index (κ3) is 5.03. The quantitative estimate of drug-likeness (QED) is 0.571. The number of benzene rings is 2. The van der Waals surface area contributed by atoms with Gasteiger partial charge in [0.15, 0.2) is 11.0 Å². The van der Waals surface area contributed by atoms with Crippen LogP contribution < -0.4 is 5.32 Å². The van der Waals surface area contributed by atoms with Gasteiger partial charge >= 0.3 is 0 Å². The molecule has 9 heteroatoms. The first-order valence-electron chi connectivity index (χ1n) is 9.57. The maximum Gasteiger partial charge on any atom is 0.234 e. The highest BCUT2D eigenvalue weighted by molar-refractivity contribution is 7.99. The summed E-state index contributed by atoms with van der Waals surface area (Å²) in [7, 11) is 0. The van der Waals surface area contributed by atoms with E-state index in [1.807, 2.05) is 4.57 Å². The number of carbonyl (C=O) groups is 1. The van der Waals surface area contributed by atoms with Crippen molar-refractivity contribution in [1.29, 1.82) is 0 Å². The Morgan fingerprint density at radius 1 is 1.17 bits per heavy atom. The Bertz CT molecular complexity index is 1020.